The third-order valence-corrected chi connectivity index (χ3v) is 1.90. The number of hydrogen-bond donors (Lipinski definition) is 2. The van der Waals surface area contributed by atoms with E-state index in [0.717, 1.165) is 18.4 Å². The topological polar surface area (TPSA) is 49.3 Å². The van der Waals surface area contributed by atoms with Crippen molar-refractivity contribution in [3.8, 4) is 0 Å². The molecule has 3 heteroatoms. The quantitative estimate of drug-likeness (QED) is 0.503. The van der Waals surface area contributed by atoms with Crippen LogP contribution in [-0.4, -0.2) is 24.2 Å². The first-order valence-electron chi connectivity index (χ1n) is 5.10. The summed E-state index contributed by atoms with van der Waals surface area (Å²) in [5.41, 5.74) is 1.01. The average Bonchev–Trinajstić information content (AvgIpc) is 2.10. The molecule has 0 aromatic rings. The zero-order valence-electron chi connectivity index (χ0n) is 9.34. The number of aliphatic hydroxyl groups excluding tert-OH is 1. The van der Waals surface area contributed by atoms with Gasteiger partial charge in [0.2, 0.25) is 5.91 Å². The molecule has 82 valence electrons. The fourth-order valence-corrected chi connectivity index (χ4v) is 1.07. The number of nitrogens with one attached hydrogen (secondary N) is 1. The lowest BCUT2D eigenvalue weighted by molar-refractivity contribution is -0.116. The van der Waals surface area contributed by atoms with Crippen molar-refractivity contribution in [2.45, 2.75) is 33.6 Å². The summed E-state index contributed by atoms with van der Waals surface area (Å²) in [6, 6.07) is 0. The van der Waals surface area contributed by atoms with Crippen molar-refractivity contribution in [3.05, 3.63) is 11.6 Å². The number of aliphatic hydroxyl groups is 1. The summed E-state index contributed by atoms with van der Waals surface area (Å²) in [6.45, 7) is 6.70. The molecule has 0 aliphatic carbocycles. The lowest BCUT2D eigenvalue weighted by Gasteiger charge is -2.07. The molecule has 0 saturated heterocycles. The highest BCUT2D eigenvalue weighted by molar-refractivity contribution is 5.87. The Labute approximate surface area is 86.2 Å². The molecule has 2 N–H and O–H groups in total. The number of allylic oxidation sites excluding steroid dienone is 1. The van der Waals surface area contributed by atoms with Crippen LogP contribution in [0.3, 0.4) is 0 Å². The maximum absolute atomic E-state index is 11.1. The highest BCUT2D eigenvalue weighted by atomic mass is 16.3. The standard InChI is InChI=1S/C11H21NO2/c1-9(2)7-11(14)12-6-4-5-10(3)8-13/h7,10,13H,4-6,8H2,1-3H3,(H,12,14). The number of carbonyl (C=O) groups is 1. The number of rotatable bonds is 6. The lowest BCUT2D eigenvalue weighted by Crippen LogP contribution is -2.23. The molecule has 0 radical (unpaired) electrons. The molecular formula is C11H21NO2. The summed E-state index contributed by atoms with van der Waals surface area (Å²) in [4.78, 5) is 11.1. The first kappa shape index (κ1) is 13.2. The minimum Gasteiger partial charge on any atom is -0.396 e. The predicted molar refractivity (Wildman–Crippen MR) is 57.9 cm³/mol. The number of amides is 1. The molecule has 0 bridgehead atoms. The van der Waals surface area contributed by atoms with Gasteiger partial charge in [-0.15, -0.1) is 0 Å². The summed E-state index contributed by atoms with van der Waals surface area (Å²) < 4.78 is 0. The molecule has 0 aliphatic heterocycles. The molecule has 0 fully saturated rings. The van der Waals surface area contributed by atoms with E-state index in [1.54, 1.807) is 6.08 Å². The van der Waals surface area contributed by atoms with Gasteiger partial charge in [0.15, 0.2) is 0 Å². The van der Waals surface area contributed by atoms with Crippen molar-refractivity contribution in [1.82, 2.24) is 5.32 Å². The van der Waals surface area contributed by atoms with E-state index in [-0.39, 0.29) is 12.5 Å². The Hall–Kier alpha value is -0.830. The van der Waals surface area contributed by atoms with E-state index in [0.29, 0.717) is 12.5 Å². The Balaban J connectivity index is 3.46. The van der Waals surface area contributed by atoms with E-state index in [4.69, 9.17) is 5.11 Å². The Morgan fingerprint density at radius 3 is 2.64 bits per heavy atom. The van der Waals surface area contributed by atoms with Gasteiger partial charge in [-0.25, -0.2) is 0 Å². The van der Waals surface area contributed by atoms with E-state index >= 15 is 0 Å². The minimum atomic E-state index is -0.0262. The van der Waals surface area contributed by atoms with Crippen LogP contribution >= 0.6 is 0 Å². The van der Waals surface area contributed by atoms with Crippen LogP contribution in [0, 0.1) is 5.92 Å². The second-order valence-electron chi connectivity index (χ2n) is 3.94. The summed E-state index contributed by atoms with van der Waals surface area (Å²) in [5, 5.41) is 11.6. The second kappa shape index (κ2) is 7.56. The molecular weight excluding hydrogens is 178 g/mol. The van der Waals surface area contributed by atoms with Gasteiger partial charge < -0.3 is 10.4 Å². The maximum Gasteiger partial charge on any atom is 0.243 e. The van der Waals surface area contributed by atoms with Crippen LogP contribution in [0.2, 0.25) is 0 Å². The highest BCUT2D eigenvalue weighted by Crippen LogP contribution is 2.02. The second-order valence-corrected chi connectivity index (χ2v) is 3.94. The van der Waals surface area contributed by atoms with Crippen LogP contribution in [0.25, 0.3) is 0 Å². The van der Waals surface area contributed by atoms with Crippen LogP contribution in [0.1, 0.15) is 33.6 Å². The van der Waals surface area contributed by atoms with Gasteiger partial charge in [-0.05, 0) is 32.6 Å². The fourth-order valence-electron chi connectivity index (χ4n) is 1.07. The lowest BCUT2D eigenvalue weighted by atomic mass is 10.1. The number of carbonyl (C=O) groups excluding carboxylic acids is 1. The Morgan fingerprint density at radius 1 is 1.50 bits per heavy atom. The third-order valence-electron chi connectivity index (χ3n) is 1.90. The average molecular weight is 199 g/mol. The Bertz CT molecular complexity index is 195. The molecule has 3 nitrogen and oxygen atoms in total. The van der Waals surface area contributed by atoms with Gasteiger partial charge in [-0.3, -0.25) is 4.79 Å². The van der Waals surface area contributed by atoms with E-state index in [9.17, 15) is 4.79 Å². The normalized spacial score (nSPS) is 12.0. The van der Waals surface area contributed by atoms with Gasteiger partial charge in [-0.1, -0.05) is 12.5 Å². The van der Waals surface area contributed by atoms with Crippen LogP contribution in [-0.2, 0) is 4.79 Å². The zero-order chi connectivity index (χ0) is 11.0. The summed E-state index contributed by atoms with van der Waals surface area (Å²) in [5.74, 6) is 0.303. The Kier molecular flexibility index (Phi) is 7.11. The molecule has 0 aliphatic rings. The van der Waals surface area contributed by atoms with Crippen molar-refractivity contribution >= 4 is 5.91 Å². The van der Waals surface area contributed by atoms with Crippen molar-refractivity contribution in [3.63, 3.8) is 0 Å². The van der Waals surface area contributed by atoms with Gasteiger partial charge in [0.05, 0.1) is 0 Å². The maximum atomic E-state index is 11.1. The summed E-state index contributed by atoms with van der Waals surface area (Å²) >= 11 is 0. The van der Waals surface area contributed by atoms with E-state index in [1.165, 1.54) is 0 Å². The van der Waals surface area contributed by atoms with E-state index in [1.807, 2.05) is 20.8 Å². The minimum absolute atomic E-state index is 0.0262. The van der Waals surface area contributed by atoms with E-state index < -0.39 is 0 Å². The van der Waals surface area contributed by atoms with Gasteiger partial charge >= 0.3 is 0 Å². The highest BCUT2D eigenvalue weighted by Gasteiger charge is 2.00. The summed E-state index contributed by atoms with van der Waals surface area (Å²) in [7, 11) is 0. The third kappa shape index (κ3) is 7.80. The molecule has 0 rings (SSSR count). The van der Waals surface area contributed by atoms with Crippen molar-refractivity contribution in [1.29, 1.82) is 0 Å². The fraction of sp³-hybridized carbons (Fsp3) is 0.727. The smallest absolute Gasteiger partial charge is 0.243 e. The van der Waals surface area contributed by atoms with Crippen LogP contribution in [0.5, 0.6) is 0 Å². The zero-order valence-corrected chi connectivity index (χ0v) is 9.34. The molecule has 14 heavy (non-hydrogen) atoms. The molecule has 1 amide bonds. The van der Waals surface area contributed by atoms with Crippen LogP contribution in [0.4, 0.5) is 0 Å². The van der Waals surface area contributed by atoms with Crippen molar-refractivity contribution in [2.24, 2.45) is 5.92 Å². The first-order valence-corrected chi connectivity index (χ1v) is 5.10. The Morgan fingerprint density at radius 2 is 2.14 bits per heavy atom. The van der Waals surface area contributed by atoms with Gasteiger partial charge in [-0.2, -0.15) is 0 Å². The molecule has 0 saturated carbocycles. The molecule has 0 aromatic carbocycles. The van der Waals surface area contributed by atoms with Crippen LogP contribution < -0.4 is 5.32 Å². The van der Waals surface area contributed by atoms with Crippen molar-refractivity contribution < 1.29 is 9.90 Å². The van der Waals surface area contributed by atoms with Gasteiger partial charge in [0.1, 0.15) is 0 Å². The molecule has 1 unspecified atom stereocenters. The van der Waals surface area contributed by atoms with Crippen molar-refractivity contribution in [2.75, 3.05) is 13.2 Å². The molecule has 0 heterocycles. The molecule has 1 atom stereocenters. The first-order chi connectivity index (χ1) is 6.56. The van der Waals surface area contributed by atoms with Gasteiger partial charge in [0.25, 0.3) is 0 Å². The molecule has 0 aromatic heterocycles. The van der Waals surface area contributed by atoms with Gasteiger partial charge in [0, 0.05) is 19.2 Å². The van der Waals surface area contributed by atoms with Crippen LogP contribution in [0.15, 0.2) is 11.6 Å². The summed E-state index contributed by atoms with van der Waals surface area (Å²) in [6.07, 6.45) is 3.46. The monoisotopic (exact) mass is 199 g/mol. The largest absolute Gasteiger partial charge is 0.396 e. The SMILES string of the molecule is CC(C)=CC(=O)NCCCC(C)CO. The predicted octanol–water partition coefficient (Wildman–Crippen LogP) is 1.48. The molecule has 0 spiro atoms. The number of hydrogen-bond acceptors (Lipinski definition) is 2. The van der Waals surface area contributed by atoms with E-state index in [2.05, 4.69) is 5.32 Å².